The molecule has 0 atom stereocenters. The fourth-order valence-electron chi connectivity index (χ4n) is 1.50. The molecule has 19 heavy (non-hydrogen) atoms. The average molecular weight is 296 g/mol. The number of benzene rings is 2. The third kappa shape index (κ3) is 5.55. The van der Waals surface area contributed by atoms with Gasteiger partial charge in [0.2, 0.25) is 0 Å². The molecular weight excluding hydrogens is 278 g/mol. The van der Waals surface area contributed by atoms with Gasteiger partial charge in [-0.2, -0.15) is 0 Å². The van der Waals surface area contributed by atoms with Gasteiger partial charge in [-0.15, -0.1) is 12.4 Å². The number of halogens is 1. The number of hydrogen-bond donors (Lipinski definition) is 0. The molecule has 0 fully saturated rings. The van der Waals surface area contributed by atoms with Gasteiger partial charge < -0.3 is 4.84 Å². The zero-order valence-electron chi connectivity index (χ0n) is 10.9. The monoisotopic (exact) mass is 295 g/mol. The second kappa shape index (κ2) is 8.86. The predicted molar refractivity (Wildman–Crippen MR) is 84.4 cm³/mol. The highest BCUT2D eigenvalue weighted by molar-refractivity contribution is 7.96. The van der Waals surface area contributed by atoms with Crippen molar-refractivity contribution in [3.8, 4) is 5.75 Å². The van der Waals surface area contributed by atoms with Crippen molar-refractivity contribution in [3.63, 3.8) is 0 Å². The van der Waals surface area contributed by atoms with Crippen LogP contribution in [0.2, 0.25) is 0 Å². The molecule has 102 valence electrons. The average Bonchev–Trinajstić information content (AvgIpc) is 2.45. The molecule has 0 aliphatic rings. The summed E-state index contributed by atoms with van der Waals surface area (Å²) in [6, 6.07) is 20.3. The molecule has 0 aliphatic heterocycles. The fourth-order valence-corrected chi connectivity index (χ4v) is 2.31. The maximum absolute atomic E-state index is 5.78. The van der Waals surface area contributed by atoms with Gasteiger partial charge in [-0.3, -0.25) is 0 Å². The second-order valence-electron chi connectivity index (χ2n) is 3.81. The zero-order valence-corrected chi connectivity index (χ0v) is 12.5. The molecule has 0 aromatic heterocycles. The Hall–Kier alpha value is -1.16. The second-order valence-corrected chi connectivity index (χ2v) is 4.77. The molecule has 2 aromatic rings. The van der Waals surface area contributed by atoms with Crippen LogP contribution < -0.4 is 4.84 Å². The Morgan fingerprint density at radius 2 is 1.53 bits per heavy atom. The lowest BCUT2D eigenvalue weighted by atomic mass is 10.2. The summed E-state index contributed by atoms with van der Waals surface area (Å²) in [5, 5.41) is 0. The van der Waals surface area contributed by atoms with Crippen molar-refractivity contribution in [2.45, 2.75) is 12.7 Å². The van der Waals surface area contributed by atoms with Gasteiger partial charge in [-0.25, -0.2) is 0 Å². The number of nitrogens with zero attached hydrogens (tertiary/aromatic N) is 1. The summed E-state index contributed by atoms with van der Waals surface area (Å²) in [4.78, 5) is 5.78. The van der Waals surface area contributed by atoms with E-state index in [-0.39, 0.29) is 12.4 Å². The van der Waals surface area contributed by atoms with E-state index in [4.69, 9.17) is 4.84 Å². The van der Waals surface area contributed by atoms with Crippen LogP contribution in [-0.2, 0) is 5.75 Å². The van der Waals surface area contributed by atoms with E-state index in [9.17, 15) is 0 Å². The van der Waals surface area contributed by atoms with E-state index >= 15 is 0 Å². The molecule has 2 aromatic carbocycles. The summed E-state index contributed by atoms with van der Waals surface area (Å²) in [7, 11) is 0. The van der Waals surface area contributed by atoms with Gasteiger partial charge in [0.1, 0.15) is 5.75 Å². The Morgan fingerprint density at radius 3 is 2.11 bits per heavy atom. The van der Waals surface area contributed by atoms with Crippen molar-refractivity contribution in [1.82, 2.24) is 4.47 Å². The fraction of sp³-hybridized carbons (Fsp3) is 0.200. The lowest BCUT2D eigenvalue weighted by molar-refractivity contribution is 0.0558. The highest BCUT2D eigenvalue weighted by Crippen LogP contribution is 2.20. The molecule has 0 heterocycles. The van der Waals surface area contributed by atoms with Gasteiger partial charge in [0, 0.05) is 12.3 Å². The minimum Gasteiger partial charge on any atom is -0.395 e. The minimum absolute atomic E-state index is 0. The lowest BCUT2D eigenvalue weighted by Gasteiger charge is -2.19. The maximum Gasteiger partial charge on any atom is 0.148 e. The number of para-hydroxylation sites is 1. The molecule has 0 saturated heterocycles. The van der Waals surface area contributed by atoms with Gasteiger partial charge in [0.25, 0.3) is 0 Å². The van der Waals surface area contributed by atoms with E-state index in [0.717, 1.165) is 18.0 Å². The first-order valence-electron chi connectivity index (χ1n) is 6.06. The molecule has 0 aliphatic carbocycles. The van der Waals surface area contributed by atoms with Crippen LogP contribution in [0, 0.1) is 0 Å². The van der Waals surface area contributed by atoms with Crippen molar-refractivity contribution < 1.29 is 4.84 Å². The van der Waals surface area contributed by atoms with Crippen LogP contribution in [0.4, 0.5) is 0 Å². The lowest BCUT2D eigenvalue weighted by Crippen LogP contribution is -2.19. The molecule has 0 unspecified atom stereocenters. The largest absolute Gasteiger partial charge is 0.395 e. The first-order valence-corrected chi connectivity index (χ1v) is 7.00. The normalized spacial score (nSPS) is 10.0. The molecule has 0 saturated carbocycles. The molecule has 0 bridgehead atoms. The third-order valence-corrected chi connectivity index (χ3v) is 3.51. The molecule has 2 nitrogen and oxygen atoms in total. The van der Waals surface area contributed by atoms with Crippen molar-refractivity contribution >= 4 is 24.4 Å². The van der Waals surface area contributed by atoms with E-state index in [1.165, 1.54) is 5.56 Å². The van der Waals surface area contributed by atoms with E-state index in [2.05, 4.69) is 31.2 Å². The summed E-state index contributed by atoms with van der Waals surface area (Å²) >= 11 is 1.68. The molecule has 0 radical (unpaired) electrons. The van der Waals surface area contributed by atoms with E-state index in [1.54, 1.807) is 11.9 Å². The standard InChI is InChI=1S/C15H17NOS.ClH/c1-2-16(17-15-11-7-4-8-12-15)18-13-14-9-5-3-6-10-14;/h3-12H,2,13H2,1H3;1H. The third-order valence-electron chi connectivity index (χ3n) is 2.43. The number of rotatable bonds is 6. The Balaban J connectivity index is 0.00000180. The quantitative estimate of drug-likeness (QED) is 0.572. The van der Waals surface area contributed by atoms with Gasteiger partial charge in [0.15, 0.2) is 0 Å². The maximum atomic E-state index is 5.78. The first-order chi connectivity index (χ1) is 8.88. The predicted octanol–water partition coefficient (Wildman–Crippen LogP) is 4.57. The number of hydrogen-bond acceptors (Lipinski definition) is 3. The van der Waals surface area contributed by atoms with Gasteiger partial charge >= 0.3 is 0 Å². The Bertz CT molecular complexity index is 452. The van der Waals surface area contributed by atoms with E-state index < -0.39 is 0 Å². The zero-order chi connectivity index (χ0) is 12.6. The topological polar surface area (TPSA) is 12.5 Å². The Kier molecular flexibility index (Phi) is 7.41. The first kappa shape index (κ1) is 15.9. The van der Waals surface area contributed by atoms with Crippen LogP contribution in [0.25, 0.3) is 0 Å². The molecule has 0 N–H and O–H groups in total. The Labute approximate surface area is 125 Å². The van der Waals surface area contributed by atoms with Crippen LogP contribution in [0.5, 0.6) is 5.75 Å². The van der Waals surface area contributed by atoms with Crippen molar-refractivity contribution in [3.05, 3.63) is 66.2 Å². The van der Waals surface area contributed by atoms with Crippen LogP contribution in [0.1, 0.15) is 12.5 Å². The molecule has 2 rings (SSSR count). The molecule has 4 heteroatoms. The van der Waals surface area contributed by atoms with E-state index in [1.807, 2.05) is 40.9 Å². The van der Waals surface area contributed by atoms with Gasteiger partial charge in [-0.05, 0) is 36.6 Å². The molecule has 0 amide bonds. The van der Waals surface area contributed by atoms with Gasteiger partial charge in [0.05, 0.1) is 0 Å². The van der Waals surface area contributed by atoms with E-state index in [0.29, 0.717) is 0 Å². The van der Waals surface area contributed by atoms with Gasteiger partial charge in [-0.1, -0.05) is 53.0 Å². The van der Waals surface area contributed by atoms with Crippen molar-refractivity contribution in [2.75, 3.05) is 6.54 Å². The summed E-state index contributed by atoms with van der Waals surface area (Å²) in [6.07, 6.45) is 0. The van der Waals surface area contributed by atoms with Crippen molar-refractivity contribution in [2.24, 2.45) is 0 Å². The SMILES string of the molecule is CCN(Oc1ccccc1)SCc1ccccc1.Cl. The van der Waals surface area contributed by atoms with Crippen LogP contribution >= 0.6 is 24.4 Å². The highest BCUT2D eigenvalue weighted by atomic mass is 35.5. The summed E-state index contributed by atoms with van der Waals surface area (Å²) < 4.78 is 1.91. The van der Waals surface area contributed by atoms with Crippen LogP contribution in [0.15, 0.2) is 60.7 Å². The molecular formula is C15H18ClNOS. The Morgan fingerprint density at radius 1 is 0.947 bits per heavy atom. The summed E-state index contributed by atoms with van der Waals surface area (Å²) in [6.45, 7) is 2.92. The summed E-state index contributed by atoms with van der Waals surface area (Å²) in [5.41, 5.74) is 1.30. The smallest absolute Gasteiger partial charge is 0.148 e. The molecule has 0 spiro atoms. The summed E-state index contributed by atoms with van der Waals surface area (Å²) in [5.74, 6) is 1.79. The minimum atomic E-state index is 0. The van der Waals surface area contributed by atoms with Crippen molar-refractivity contribution in [1.29, 1.82) is 0 Å². The highest BCUT2D eigenvalue weighted by Gasteiger charge is 2.05. The number of hydroxylamine groups is 1. The van der Waals surface area contributed by atoms with Crippen LogP contribution in [0.3, 0.4) is 0 Å². The van der Waals surface area contributed by atoms with Crippen LogP contribution in [-0.4, -0.2) is 11.0 Å².